The SMILES string of the molecule is CN1C(=O)CCC(=O)N1C(N)=O. The first-order valence-corrected chi connectivity index (χ1v) is 3.43. The highest BCUT2D eigenvalue weighted by molar-refractivity contribution is 5.99. The van der Waals surface area contributed by atoms with E-state index in [1.807, 2.05) is 0 Å². The van der Waals surface area contributed by atoms with Crippen molar-refractivity contribution in [2.24, 2.45) is 5.73 Å². The number of nitrogens with zero attached hydrogens (tertiary/aromatic N) is 2. The number of urea groups is 1. The first-order valence-electron chi connectivity index (χ1n) is 3.43. The Kier molecular flexibility index (Phi) is 1.99. The zero-order chi connectivity index (χ0) is 9.30. The summed E-state index contributed by atoms with van der Waals surface area (Å²) in [6, 6.07) is -0.921. The normalized spacial score (nSPS) is 18.4. The number of rotatable bonds is 0. The molecule has 0 aromatic rings. The summed E-state index contributed by atoms with van der Waals surface area (Å²) in [6.07, 6.45) is 0.186. The summed E-state index contributed by atoms with van der Waals surface area (Å²) < 4.78 is 0. The maximum absolute atomic E-state index is 11.0. The lowest BCUT2D eigenvalue weighted by molar-refractivity contribution is -0.160. The van der Waals surface area contributed by atoms with Gasteiger partial charge in [-0.2, -0.15) is 5.01 Å². The minimum Gasteiger partial charge on any atom is -0.350 e. The molecular weight excluding hydrogens is 162 g/mol. The molecule has 1 aliphatic heterocycles. The molecule has 1 heterocycles. The number of hydrazine groups is 1. The standard InChI is InChI=1S/C6H9N3O3/c1-8-4(10)2-3-5(11)9(8)6(7)12/h2-3H2,1H3,(H2,7,12). The van der Waals surface area contributed by atoms with Gasteiger partial charge in [0.1, 0.15) is 0 Å². The average molecular weight is 171 g/mol. The lowest BCUT2D eigenvalue weighted by Crippen LogP contribution is -2.55. The Morgan fingerprint density at radius 2 is 1.83 bits per heavy atom. The molecule has 0 radical (unpaired) electrons. The Labute approximate surface area is 68.9 Å². The number of hydrogen-bond acceptors (Lipinski definition) is 3. The van der Waals surface area contributed by atoms with E-state index in [-0.39, 0.29) is 18.7 Å². The summed E-state index contributed by atoms with van der Waals surface area (Å²) in [4.78, 5) is 32.7. The Bertz CT molecular complexity index is 250. The van der Waals surface area contributed by atoms with E-state index in [9.17, 15) is 14.4 Å². The summed E-state index contributed by atoms with van der Waals surface area (Å²) in [7, 11) is 1.34. The van der Waals surface area contributed by atoms with Gasteiger partial charge in [-0.15, -0.1) is 0 Å². The van der Waals surface area contributed by atoms with Gasteiger partial charge in [-0.05, 0) is 0 Å². The summed E-state index contributed by atoms with van der Waals surface area (Å²) >= 11 is 0. The molecule has 0 atom stereocenters. The Morgan fingerprint density at radius 1 is 1.33 bits per heavy atom. The van der Waals surface area contributed by atoms with Crippen LogP contribution in [0.5, 0.6) is 0 Å². The first kappa shape index (κ1) is 8.51. The maximum atomic E-state index is 11.0. The second-order valence-electron chi connectivity index (χ2n) is 2.46. The van der Waals surface area contributed by atoms with Crippen LogP contribution in [0.25, 0.3) is 0 Å². The van der Waals surface area contributed by atoms with Crippen LogP contribution in [0.4, 0.5) is 4.79 Å². The summed E-state index contributed by atoms with van der Waals surface area (Å²) in [5.41, 5.74) is 4.88. The van der Waals surface area contributed by atoms with Gasteiger partial charge < -0.3 is 5.73 Å². The Morgan fingerprint density at radius 3 is 2.25 bits per heavy atom. The van der Waals surface area contributed by atoms with E-state index in [0.717, 1.165) is 5.01 Å². The van der Waals surface area contributed by atoms with Crippen LogP contribution in [0.1, 0.15) is 12.8 Å². The van der Waals surface area contributed by atoms with Crippen molar-refractivity contribution >= 4 is 17.8 Å². The van der Waals surface area contributed by atoms with Crippen LogP contribution in [0.3, 0.4) is 0 Å². The second-order valence-corrected chi connectivity index (χ2v) is 2.46. The molecule has 1 aliphatic rings. The van der Waals surface area contributed by atoms with Gasteiger partial charge in [-0.3, -0.25) is 9.59 Å². The minimum absolute atomic E-state index is 0.0477. The smallest absolute Gasteiger partial charge is 0.341 e. The molecule has 0 aromatic carbocycles. The molecular formula is C6H9N3O3. The van der Waals surface area contributed by atoms with Crippen molar-refractivity contribution in [3.05, 3.63) is 0 Å². The molecule has 0 aliphatic carbocycles. The van der Waals surface area contributed by atoms with Crippen molar-refractivity contribution < 1.29 is 14.4 Å². The van der Waals surface area contributed by atoms with Crippen LogP contribution in [0.15, 0.2) is 0 Å². The van der Waals surface area contributed by atoms with Crippen molar-refractivity contribution in [1.82, 2.24) is 10.0 Å². The second kappa shape index (κ2) is 2.80. The molecule has 0 aromatic heterocycles. The molecule has 2 N–H and O–H groups in total. The fraction of sp³-hybridized carbons (Fsp3) is 0.500. The molecule has 6 heteroatoms. The van der Waals surface area contributed by atoms with Gasteiger partial charge in [0.05, 0.1) is 0 Å². The molecule has 1 rings (SSSR count). The third-order valence-electron chi connectivity index (χ3n) is 1.66. The fourth-order valence-corrected chi connectivity index (χ4v) is 1.03. The summed E-state index contributed by atoms with van der Waals surface area (Å²) in [6.45, 7) is 0. The van der Waals surface area contributed by atoms with Crippen molar-refractivity contribution in [2.75, 3.05) is 7.05 Å². The van der Waals surface area contributed by atoms with E-state index in [1.54, 1.807) is 0 Å². The Hall–Kier alpha value is -1.59. The van der Waals surface area contributed by atoms with Crippen LogP contribution in [0, 0.1) is 0 Å². The van der Waals surface area contributed by atoms with Crippen LogP contribution >= 0.6 is 0 Å². The van der Waals surface area contributed by atoms with E-state index in [2.05, 4.69) is 0 Å². The van der Waals surface area contributed by atoms with Crippen LogP contribution in [0.2, 0.25) is 0 Å². The van der Waals surface area contributed by atoms with Crippen LogP contribution < -0.4 is 5.73 Å². The number of nitrogens with two attached hydrogens (primary N) is 1. The molecule has 0 saturated carbocycles. The summed E-state index contributed by atoms with van der Waals surface area (Å²) in [5, 5.41) is 1.58. The molecule has 12 heavy (non-hydrogen) atoms. The predicted molar refractivity (Wildman–Crippen MR) is 38.4 cm³/mol. The molecule has 4 amide bonds. The molecule has 66 valence electrons. The van der Waals surface area contributed by atoms with Gasteiger partial charge in [0.25, 0.3) is 0 Å². The highest BCUT2D eigenvalue weighted by atomic mass is 16.2. The third kappa shape index (κ3) is 1.23. The highest BCUT2D eigenvalue weighted by Gasteiger charge is 2.32. The van der Waals surface area contributed by atoms with Crippen LogP contribution in [-0.2, 0) is 9.59 Å². The van der Waals surface area contributed by atoms with Gasteiger partial charge in [-0.1, -0.05) is 0 Å². The van der Waals surface area contributed by atoms with Crippen molar-refractivity contribution in [1.29, 1.82) is 0 Å². The molecule has 1 fully saturated rings. The first-order chi connectivity index (χ1) is 5.54. The lowest BCUT2D eigenvalue weighted by Gasteiger charge is -2.31. The third-order valence-corrected chi connectivity index (χ3v) is 1.66. The van der Waals surface area contributed by atoms with E-state index in [0.29, 0.717) is 5.01 Å². The van der Waals surface area contributed by atoms with E-state index < -0.39 is 11.9 Å². The van der Waals surface area contributed by atoms with Crippen molar-refractivity contribution in [2.45, 2.75) is 12.8 Å². The zero-order valence-corrected chi connectivity index (χ0v) is 6.61. The quantitative estimate of drug-likeness (QED) is 0.510. The molecule has 0 spiro atoms. The number of carbonyl (C=O) groups excluding carboxylic acids is 3. The number of amides is 4. The van der Waals surface area contributed by atoms with Crippen LogP contribution in [-0.4, -0.2) is 34.9 Å². The number of carbonyl (C=O) groups is 3. The number of hydrogen-bond donors (Lipinski definition) is 1. The van der Waals surface area contributed by atoms with E-state index in [1.165, 1.54) is 7.05 Å². The molecule has 0 bridgehead atoms. The number of imide groups is 1. The average Bonchev–Trinajstić information content (AvgIpc) is 1.97. The van der Waals surface area contributed by atoms with Gasteiger partial charge in [0.15, 0.2) is 0 Å². The fourth-order valence-electron chi connectivity index (χ4n) is 1.03. The number of primary amides is 1. The molecule has 1 saturated heterocycles. The van der Waals surface area contributed by atoms with Gasteiger partial charge in [0.2, 0.25) is 11.8 Å². The Balaban J connectivity index is 2.86. The topological polar surface area (TPSA) is 83.7 Å². The van der Waals surface area contributed by atoms with Gasteiger partial charge >= 0.3 is 6.03 Å². The molecule has 0 unspecified atom stereocenters. The minimum atomic E-state index is -0.921. The van der Waals surface area contributed by atoms with E-state index >= 15 is 0 Å². The van der Waals surface area contributed by atoms with Crippen molar-refractivity contribution in [3.8, 4) is 0 Å². The zero-order valence-electron chi connectivity index (χ0n) is 6.61. The summed E-state index contributed by atoms with van der Waals surface area (Å²) in [5.74, 6) is -0.724. The largest absolute Gasteiger partial charge is 0.350 e. The van der Waals surface area contributed by atoms with Gasteiger partial charge in [-0.25, -0.2) is 9.80 Å². The predicted octanol–water partition coefficient (Wildman–Crippen LogP) is -0.939. The van der Waals surface area contributed by atoms with E-state index in [4.69, 9.17) is 5.73 Å². The maximum Gasteiger partial charge on any atom is 0.341 e. The van der Waals surface area contributed by atoms with Gasteiger partial charge in [0, 0.05) is 19.9 Å². The molecule has 6 nitrogen and oxygen atoms in total. The van der Waals surface area contributed by atoms with Crippen molar-refractivity contribution in [3.63, 3.8) is 0 Å². The highest BCUT2D eigenvalue weighted by Crippen LogP contribution is 2.10. The monoisotopic (exact) mass is 171 g/mol. The lowest BCUT2D eigenvalue weighted by atomic mass is 10.2.